The predicted octanol–water partition coefficient (Wildman–Crippen LogP) is 0.619. The number of ether oxygens (including phenoxy) is 1. The fraction of sp³-hybridized carbons (Fsp3) is 0.444. The second-order valence-electron chi connectivity index (χ2n) is 2.20. The zero-order valence-electron chi connectivity index (χ0n) is 7.46. The number of halogens is 1. The lowest BCUT2D eigenvalue weighted by Crippen LogP contribution is -2.34. The molecule has 14 heavy (non-hydrogen) atoms. The largest absolute Gasteiger partial charge is 0.451 e. The van der Waals surface area contributed by atoms with E-state index >= 15 is 0 Å². The highest BCUT2D eigenvalue weighted by Gasteiger charge is 2.13. The SMILES string of the molecule is C#CCSC[C@H](N)C(=O)OCC#CI. The molecule has 0 aliphatic rings. The minimum Gasteiger partial charge on any atom is -0.451 e. The monoisotopic (exact) mass is 323 g/mol. The first-order valence-corrected chi connectivity index (χ1v) is 5.97. The molecule has 5 heteroatoms. The molecule has 0 rings (SSSR count). The standard InChI is InChI=1S/C9H10INO2S/c1-2-6-14-7-8(11)9(12)13-5-3-4-10/h1,8H,5-7,11H2/t8-/m0/s1. The quantitative estimate of drug-likeness (QED) is 0.349. The van der Waals surface area contributed by atoms with E-state index in [1.807, 2.05) is 22.6 Å². The van der Waals surface area contributed by atoms with Crippen molar-refractivity contribution >= 4 is 40.3 Å². The summed E-state index contributed by atoms with van der Waals surface area (Å²) >= 11 is 3.30. The molecule has 1 atom stereocenters. The molecule has 0 bridgehead atoms. The van der Waals surface area contributed by atoms with Gasteiger partial charge in [0.25, 0.3) is 0 Å². The fourth-order valence-corrected chi connectivity index (χ4v) is 1.34. The van der Waals surface area contributed by atoms with E-state index in [1.54, 1.807) is 0 Å². The number of terminal acetylenes is 1. The molecule has 0 amide bonds. The lowest BCUT2D eigenvalue weighted by atomic mass is 10.4. The predicted molar refractivity (Wildman–Crippen MR) is 66.9 cm³/mol. The summed E-state index contributed by atoms with van der Waals surface area (Å²) < 4.78 is 7.35. The first-order chi connectivity index (χ1) is 6.72. The highest BCUT2D eigenvalue weighted by molar-refractivity contribution is 14.1. The molecule has 0 saturated carbocycles. The lowest BCUT2D eigenvalue weighted by molar-refractivity contribution is -0.143. The van der Waals surface area contributed by atoms with Crippen LogP contribution in [0.1, 0.15) is 0 Å². The van der Waals surface area contributed by atoms with Gasteiger partial charge in [-0.15, -0.1) is 18.2 Å². The number of esters is 1. The normalized spacial score (nSPS) is 10.6. The number of hydrogen-bond acceptors (Lipinski definition) is 4. The molecule has 0 radical (unpaired) electrons. The Balaban J connectivity index is 3.64. The number of thioether (sulfide) groups is 1. The van der Waals surface area contributed by atoms with Crippen molar-refractivity contribution in [2.75, 3.05) is 18.1 Å². The maximum absolute atomic E-state index is 11.1. The van der Waals surface area contributed by atoms with E-state index in [0.717, 1.165) is 0 Å². The second kappa shape index (κ2) is 9.20. The van der Waals surface area contributed by atoms with E-state index in [4.69, 9.17) is 16.9 Å². The molecule has 0 spiro atoms. The number of hydrogen-bond donors (Lipinski definition) is 1. The van der Waals surface area contributed by atoms with Gasteiger partial charge in [-0.3, -0.25) is 4.79 Å². The van der Waals surface area contributed by atoms with Crippen LogP contribution < -0.4 is 5.73 Å². The van der Waals surface area contributed by atoms with E-state index in [0.29, 0.717) is 11.5 Å². The third kappa shape index (κ3) is 7.07. The van der Waals surface area contributed by atoms with Crippen molar-refractivity contribution in [3.63, 3.8) is 0 Å². The molecule has 0 fully saturated rings. The Hall–Kier alpha value is -0.370. The smallest absolute Gasteiger partial charge is 0.324 e. The highest BCUT2D eigenvalue weighted by atomic mass is 127. The van der Waals surface area contributed by atoms with Gasteiger partial charge in [0, 0.05) is 28.3 Å². The Bertz CT molecular complexity index is 277. The number of nitrogens with two attached hydrogens (primary N) is 1. The molecular formula is C9H10INO2S. The molecule has 0 unspecified atom stereocenters. The van der Waals surface area contributed by atoms with Crippen LogP contribution in [0.25, 0.3) is 0 Å². The Morgan fingerprint density at radius 2 is 2.43 bits per heavy atom. The van der Waals surface area contributed by atoms with Gasteiger partial charge >= 0.3 is 5.97 Å². The van der Waals surface area contributed by atoms with Gasteiger partial charge in [0.05, 0.1) is 5.75 Å². The average Bonchev–Trinajstić information content (AvgIpc) is 2.18. The zero-order chi connectivity index (χ0) is 10.8. The van der Waals surface area contributed by atoms with Gasteiger partial charge in [0.15, 0.2) is 6.61 Å². The molecule has 0 saturated heterocycles. The van der Waals surface area contributed by atoms with Crippen LogP contribution in [0.5, 0.6) is 0 Å². The second-order valence-corrected chi connectivity index (χ2v) is 3.77. The number of rotatable bonds is 5. The number of carbonyl (C=O) groups excluding carboxylic acids is 1. The zero-order valence-corrected chi connectivity index (χ0v) is 10.4. The summed E-state index contributed by atoms with van der Waals surface area (Å²) in [7, 11) is 0. The van der Waals surface area contributed by atoms with Crippen molar-refractivity contribution in [3.8, 4) is 22.2 Å². The summed E-state index contributed by atoms with van der Waals surface area (Å²) in [5.74, 6) is 5.63. The van der Waals surface area contributed by atoms with Crippen LogP contribution in [-0.4, -0.2) is 30.1 Å². The van der Waals surface area contributed by atoms with Crippen molar-refractivity contribution < 1.29 is 9.53 Å². The fourth-order valence-electron chi connectivity index (χ4n) is 0.554. The Morgan fingerprint density at radius 1 is 1.71 bits per heavy atom. The molecule has 0 aliphatic heterocycles. The minimum atomic E-state index is -0.621. The van der Waals surface area contributed by atoms with Crippen molar-refractivity contribution in [1.29, 1.82) is 0 Å². The molecular weight excluding hydrogens is 313 g/mol. The summed E-state index contributed by atoms with van der Waals surface area (Å²) in [6.07, 6.45) is 5.04. The van der Waals surface area contributed by atoms with E-state index < -0.39 is 12.0 Å². The van der Waals surface area contributed by atoms with Gasteiger partial charge < -0.3 is 10.5 Å². The summed E-state index contributed by atoms with van der Waals surface area (Å²) in [4.78, 5) is 11.1. The van der Waals surface area contributed by atoms with Crippen molar-refractivity contribution in [3.05, 3.63) is 0 Å². The molecule has 0 heterocycles. The van der Waals surface area contributed by atoms with Crippen LogP contribution in [0.3, 0.4) is 0 Å². The maximum atomic E-state index is 11.1. The van der Waals surface area contributed by atoms with Crippen LogP contribution in [0.4, 0.5) is 0 Å². The van der Waals surface area contributed by atoms with E-state index in [1.165, 1.54) is 11.8 Å². The summed E-state index contributed by atoms with van der Waals surface area (Å²) in [6.45, 7) is 0.0925. The van der Waals surface area contributed by atoms with Gasteiger partial charge in [-0.25, -0.2) is 0 Å². The molecule has 76 valence electrons. The van der Waals surface area contributed by atoms with Gasteiger partial charge in [-0.05, 0) is 3.93 Å². The van der Waals surface area contributed by atoms with Crippen LogP contribution in [0, 0.1) is 22.2 Å². The maximum Gasteiger partial charge on any atom is 0.324 e. The average molecular weight is 323 g/mol. The van der Waals surface area contributed by atoms with E-state index in [9.17, 15) is 4.79 Å². The van der Waals surface area contributed by atoms with Crippen molar-refractivity contribution in [2.45, 2.75) is 6.04 Å². The van der Waals surface area contributed by atoms with Crippen LogP contribution in [-0.2, 0) is 9.53 Å². The summed E-state index contributed by atoms with van der Waals surface area (Å²) in [5, 5.41) is 0. The molecule has 2 N–H and O–H groups in total. The molecule has 0 aromatic rings. The number of carbonyl (C=O) groups is 1. The van der Waals surface area contributed by atoms with Gasteiger partial charge in [0.1, 0.15) is 6.04 Å². The highest BCUT2D eigenvalue weighted by Crippen LogP contribution is 2.01. The third-order valence-electron chi connectivity index (χ3n) is 1.14. The Morgan fingerprint density at radius 3 is 3.00 bits per heavy atom. The van der Waals surface area contributed by atoms with Gasteiger partial charge in [0.2, 0.25) is 0 Å². The van der Waals surface area contributed by atoms with Crippen LogP contribution >= 0.6 is 34.4 Å². The van der Waals surface area contributed by atoms with Crippen molar-refractivity contribution in [1.82, 2.24) is 0 Å². The third-order valence-corrected chi connectivity index (χ3v) is 2.49. The van der Waals surface area contributed by atoms with Gasteiger partial charge in [-0.2, -0.15) is 0 Å². The van der Waals surface area contributed by atoms with Gasteiger partial charge in [-0.1, -0.05) is 11.8 Å². The Labute approximate surface area is 102 Å². The Kier molecular flexibility index (Phi) is 8.95. The van der Waals surface area contributed by atoms with E-state index in [2.05, 4.69) is 15.8 Å². The lowest BCUT2D eigenvalue weighted by Gasteiger charge is -2.08. The van der Waals surface area contributed by atoms with Crippen LogP contribution in [0.15, 0.2) is 0 Å². The first-order valence-electron chi connectivity index (χ1n) is 3.74. The minimum absolute atomic E-state index is 0.0925. The van der Waals surface area contributed by atoms with Crippen molar-refractivity contribution in [2.24, 2.45) is 5.73 Å². The summed E-state index contributed by atoms with van der Waals surface area (Å²) in [6, 6.07) is -0.621. The first kappa shape index (κ1) is 13.6. The molecule has 0 aromatic carbocycles. The van der Waals surface area contributed by atoms with Crippen LogP contribution in [0.2, 0.25) is 0 Å². The molecule has 0 aliphatic carbocycles. The molecule has 0 aromatic heterocycles. The topological polar surface area (TPSA) is 52.3 Å². The summed E-state index contributed by atoms with van der Waals surface area (Å²) in [5.41, 5.74) is 5.53. The van der Waals surface area contributed by atoms with E-state index in [-0.39, 0.29) is 6.61 Å². The molecule has 3 nitrogen and oxygen atoms in total.